The van der Waals surface area contributed by atoms with Gasteiger partial charge in [0.1, 0.15) is 0 Å². The first-order valence-electron chi connectivity index (χ1n) is 9.19. The predicted octanol–water partition coefficient (Wildman–Crippen LogP) is 2.56. The van der Waals surface area contributed by atoms with Crippen LogP contribution in [0.3, 0.4) is 0 Å². The summed E-state index contributed by atoms with van der Waals surface area (Å²) in [6, 6.07) is 10.7. The fourth-order valence-electron chi connectivity index (χ4n) is 2.98. The number of nitrogens with zero attached hydrogens (tertiary/aromatic N) is 3. The first kappa shape index (κ1) is 22.2. The third-order valence-electron chi connectivity index (χ3n) is 4.50. The topological polar surface area (TPSA) is 42.9 Å². The maximum atomic E-state index is 4.76. The summed E-state index contributed by atoms with van der Waals surface area (Å²) >= 11 is 0. The highest BCUT2D eigenvalue weighted by molar-refractivity contribution is 14.0. The number of hydrogen-bond acceptors (Lipinski definition) is 3. The molecule has 25 heavy (non-hydrogen) atoms. The third kappa shape index (κ3) is 8.37. The summed E-state index contributed by atoms with van der Waals surface area (Å²) in [7, 11) is 2.21. The smallest absolute Gasteiger partial charge is 0.191 e. The van der Waals surface area contributed by atoms with Crippen LogP contribution in [0.25, 0.3) is 0 Å². The Labute approximate surface area is 170 Å². The first-order valence-corrected chi connectivity index (χ1v) is 9.19. The van der Waals surface area contributed by atoms with Gasteiger partial charge in [-0.05, 0) is 46.0 Å². The second-order valence-electron chi connectivity index (χ2n) is 6.54. The average molecular weight is 459 g/mol. The van der Waals surface area contributed by atoms with Gasteiger partial charge in [-0.2, -0.15) is 0 Å². The Morgan fingerprint density at radius 3 is 2.64 bits per heavy atom. The van der Waals surface area contributed by atoms with Gasteiger partial charge in [0.15, 0.2) is 5.96 Å². The zero-order valence-corrected chi connectivity index (χ0v) is 18.2. The second kappa shape index (κ2) is 12.5. The lowest BCUT2D eigenvalue weighted by molar-refractivity contribution is 0.283. The number of aliphatic imine (C=N–C) groups is 1. The van der Waals surface area contributed by atoms with Crippen LogP contribution in [0.2, 0.25) is 0 Å². The van der Waals surface area contributed by atoms with Crippen LogP contribution in [0.4, 0.5) is 0 Å². The van der Waals surface area contributed by atoms with E-state index in [0.717, 1.165) is 38.7 Å². The van der Waals surface area contributed by atoms with E-state index in [1.54, 1.807) is 0 Å². The molecule has 0 saturated carbocycles. The Kier molecular flexibility index (Phi) is 11.1. The van der Waals surface area contributed by atoms with Crippen LogP contribution in [0, 0.1) is 0 Å². The van der Waals surface area contributed by atoms with Gasteiger partial charge in [0.05, 0.1) is 12.6 Å². The number of hydrogen-bond donors (Lipinski definition) is 2. The fourth-order valence-corrected chi connectivity index (χ4v) is 2.98. The summed E-state index contributed by atoms with van der Waals surface area (Å²) in [5.41, 5.74) is 1.28. The van der Waals surface area contributed by atoms with Gasteiger partial charge < -0.3 is 20.4 Å². The molecule has 1 aromatic rings. The molecule has 0 bridgehead atoms. The highest BCUT2D eigenvalue weighted by Gasteiger charge is 2.11. The molecule has 0 aliphatic carbocycles. The van der Waals surface area contributed by atoms with Crippen molar-refractivity contribution in [2.45, 2.75) is 26.3 Å². The van der Waals surface area contributed by atoms with Crippen molar-refractivity contribution in [3.05, 3.63) is 35.9 Å². The largest absolute Gasteiger partial charge is 0.357 e. The highest BCUT2D eigenvalue weighted by atomic mass is 127. The van der Waals surface area contributed by atoms with E-state index in [4.69, 9.17) is 4.99 Å². The Morgan fingerprint density at radius 1 is 1.16 bits per heavy atom. The van der Waals surface area contributed by atoms with E-state index in [1.807, 2.05) is 6.07 Å². The van der Waals surface area contributed by atoms with Crippen LogP contribution in [0.5, 0.6) is 0 Å². The monoisotopic (exact) mass is 459 g/mol. The molecular formula is C19H34IN5. The summed E-state index contributed by atoms with van der Waals surface area (Å²) in [5, 5.41) is 6.86. The van der Waals surface area contributed by atoms with Gasteiger partial charge in [0.2, 0.25) is 0 Å². The first-order chi connectivity index (χ1) is 11.7. The molecule has 0 amide bonds. The second-order valence-corrected chi connectivity index (χ2v) is 6.54. The standard InChI is InChI=1S/C19H33N5.HI/c1-4-20-19(22-17(2)18-9-6-5-7-10-18)21-11-14-24-13-8-12-23(3)15-16-24;/h5-7,9-10,17H,4,8,11-16H2,1-3H3,(H2,20,21,22);1H. The summed E-state index contributed by atoms with van der Waals surface area (Å²) in [5.74, 6) is 0.904. The van der Waals surface area contributed by atoms with Crippen LogP contribution < -0.4 is 10.6 Å². The van der Waals surface area contributed by atoms with Crippen LogP contribution >= 0.6 is 24.0 Å². The fraction of sp³-hybridized carbons (Fsp3) is 0.632. The summed E-state index contributed by atoms with van der Waals surface area (Å²) in [4.78, 5) is 9.70. The molecule has 2 N–H and O–H groups in total. The van der Waals surface area contributed by atoms with Crippen molar-refractivity contribution in [3.63, 3.8) is 0 Å². The summed E-state index contributed by atoms with van der Waals surface area (Å²) < 4.78 is 0. The van der Waals surface area contributed by atoms with E-state index in [9.17, 15) is 0 Å². The molecule has 6 heteroatoms. The van der Waals surface area contributed by atoms with E-state index >= 15 is 0 Å². The van der Waals surface area contributed by atoms with Gasteiger partial charge in [-0.1, -0.05) is 30.3 Å². The van der Waals surface area contributed by atoms with Crippen molar-refractivity contribution >= 4 is 29.9 Å². The molecule has 1 heterocycles. The molecule has 0 aromatic heterocycles. The Hall–Kier alpha value is -0.860. The van der Waals surface area contributed by atoms with Crippen molar-refractivity contribution in [2.24, 2.45) is 4.99 Å². The minimum Gasteiger partial charge on any atom is -0.357 e. The molecular weight excluding hydrogens is 425 g/mol. The molecule has 1 saturated heterocycles. The number of guanidine groups is 1. The molecule has 1 aromatic carbocycles. The molecule has 2 rings (SSSR count). The Morgan fingerprint density at radius 2 is 1.92 bits per heavy atom. The van der Waals surface area contributed by atoms with Crippen molar-refractivity contribution in [2.75, 3.05) is 52.9 Å². The molecule has 0 spiro atoms. The predicted molar refractivity (Wildman–Crippen MR) is 118 cm³/mol. The molecule has 0 radical (unpaired) electrons. The van der Waals surface area contributed by atoms with Gasteiger partial charge in [-0.15, -0.1) is 24.0 Å². The van der Waals surface area contributed by atoms with Crippen molar-refractivity contribution < 1.29 is 0 Å². The van der Waals surface area contributed by atoms with Crippen LogP contribution in [-0.2, 0) is 0 Å². The molecule has 1 aliphatic rings. The molecule has 1 aliphatic heterocycles. The number of nitrogens with one attached hydrogen (secondary N) is 2. The molecule has 1 fully saturated rings. The average Bonchev–Trinajstić information content (AvgIpc) is 2.80. The van der Waals surface area contributed by atoms with Crippen molar-refractivity contribution in [3.8, 4) is 0 Å². The Bertz CT molecular complexity index is 494. The van der Waals surface area contributed by atoms with Crippen molar-refractivity contribution in [1.82, 2.24) is 20.4 Å². The van der Waals surface area contributed by atoms with Crippen LogP contribution in [-0.4, -0.2) is 68.6 Å². The van der Waals surface area contributed by atoms with Gasteiger partial charge in [-0.3, -0.25) is 4.99 Å². The maximum absolute atomic E-state index is 4.76. The lowest BCUT2D eigenvalue weighted by atomic mass is 10.1. The minimum absolute atomic E-state index is 0. The van der Waals surface area contributed by atoms with Gasteiger partial charge in [0.25, 0.3) is 0 Å². The van der Waals surface area contributed by atoms with E-state index in [-0.39, 0.29) is 30.0 Å². The van der Waals surface area contributed by atoms with Crippen molar-refractivity contribution in [1.29, 1.82) is 0 Å². The molecule has 1 unspecified atom stereocenters. The summed E-state index contributed by atoms with van der Waals surface area (Å²) in [6.45, 7) is 11.7. The van der Waals surface area contributed by atoms with E-state index < -0.39 is 0 Å². The molecule has 142 valence electrons. The number of rotatable bonds is 6. The number of halogens is 1. The Balaban J connectivity index is 0.00000312. The van der Waals surface area contributed by atoms with E-state index in [1.165, 1.54) is 25.1 Å². The lowest BCUT2D eigenvalue weighted by Crippen LogP contribution is -2.39. The minimum atomic E-state index is 0. The highest BCUT2D eigenvalue weighted by Crippen LogP contribution is 2.10. The molecule has 5 nitrogen and oxygen atoms in total. The van der Waals surface area contributed by atoms with Crippen LogP contribution in [0.15, 0.2) is 35.3 Å². The van der Waals surface area contributed by atoms with Gasteiger partial charge >= 0.3 is 0 Å². The molecule has 1 atom stereocenters. The number of likely N-dealkylation sites (N-methyl/N-ethyl adjacent to an activating group) is 1. The maximum Gasteiger partial charge on any atom is 0.191 e. The van der Waals surface area contributed by atoms with Gasteiger partial charge in [0, 0.05) is 26.2 Å². The van der Waals surface area contributed by atoms with E-state index in [2.05, 4.69) is 65.6 Å². The zero-order valence-electron chi connectivity index (χ0n) is 15.9. The zero-order chi connectivity index (χ0) is 17.2. The number of benzene rings is 1. The van der Waals surface area contributed by atoms with Crippen LogP contribution in [0.1, 0.15) is 31.9 Å². The SMILES string of the molecule is CCNC(=NCCN1CCCN(C)CC1)NC(C)c1ccccc1.I. The normalized spacial score (nSPS) is 18.1. The third-order valence-corrected chi connectivity index (χ3v) is 4.50. The van der Waals surface area contributed by atoms with Gasteiger partial charge in [-0.25, -0.2) is 0 Å². The lowest BCUT2D eigenvalue weighted by Gasteiger charge is -2.20. The summed E-state index contributed by atoms with van der Waals surface area (Å²) in [6.07, 6.45) is 1.25. The van der Waals surface area contributed by atoms with E-state index in [0.29, 0.717) is 0 Å². The quantitative estimate of drug-likeness (QED) is 0.390.